The number of nitrogen functional groups attached to an aromatic ring is 1. The summed E-state index contributed by atoms with van der Waals surface area (Å²) in [5, 5.41) is 0.638. The third kappa shape index (κ3) is 2.94. The fourth-order valence-corrected chi connectivity index (χ4v) is 3.12. The molecule has 0 radical (unpaired) electrons. The number of anilines is 1. The third-order valence-corrected chi connectivity index (χ3v) is 4.17. The number of rotatable bonds is 3. The molecule has 0 amide bonds. The van der Waals surface area contributed by atoms with Crippen molar-refractivity contribution >= 4 is 16.5 Å². The highest BCUT2D eigenvalue weighted by atomic mass is 32.1. The van der Waals surface area contributed by atoms with E-state index < -0.39 is 0 Å². The Morgan fingerprint density at radius 1 is 1.37 bits per heavy atom. The van der Waals surface area contributed by atoms with E-state index in [0.717, 1.165) is 26.3 Å². The molecule has 5 heteroatoms. The predicted molar refractivity (Wildman–Crippen MR) is 76.9 cm³/mol. The van der Waals surface area contributed by atoms with E-state index in [1.54, 1.807) is 11.3 Å². The maximum Gasteiger partial charge on any atom is 0.180 e. The van der Waals surface area contributed by atoms with Gasteiger partial charge >= 0.3 is 0 Å². The van der Waals surface area contributed by atoms with Crippen LogP contribution in [0.3, 0.4) is 0 Å². The number of morpholine rings is 1. The maximum absolute atomic E-state index is 5.69. The molecule has 0 bridgehead atoms. The van der Waals surface area contributed by atoms with E-state index in [0.29, 0.717) is 11.2 Å². The Morgan fingerprint density at radius 3 is 2.95 bits per heavy atom. The van der Waals surface area contributed by atoms with Crippen molar-refractivity contribution in [3.63, 3.8) is 0 Å². The summed E-state index contributed by atoms with van der Waals surface area (Å²) in [6.45, 7) is 3.37. The highest BCUT2D eigenvalue weighted by Gasteiger charge is 2.24. The summed E-state index contributed by atoms with van der Waals surface area (Å²) in [5.41, 5.74) is 7.00. The van der Waals surface area contributed by atoms with E-state index in [1.807, 2.05) is 12.3 Å². The number of nitrogens with two attached hydrogens (primary N) is 1. The number of thiazole rings is 1. The van der Waals surface area contributed by atoms with E-state index in [2.05, 4.69) is 34.1 Å². The van der Waals surface area contributed by atoms with Crippen LogP contribution in [-0.2, 0) is 11.3 Å². The fourth-order valence-electron chi connectivity index (χ4n) is 2.41. The van der Waals surface area contributed by atoms with Gasteiger partial charge in [0.2, 0.25) is 0 Å². The second-order valence-electron chi connectivity index (χ2n) is 4.64. The Morgan fingerprint density at radius 2 is 2.21 bits per heavy atom. The van der Waals surface area contributed by atoms with Crippen molar-refractivity contribution in [3.05, 3.63) is 47.0 Å². The molecule has 1 fully saturated rings. The molecule has 4 nitrogen and oxygen atoms in total. The number of ether oxygens (including phenoxy) is 1. The van der Waals surface area contributed by atoms with Crippen LogP contribution in [0.2, 0.25) is 0 Å². The molecule has 2 aromatic rings. The van der Waals surface area contributed by atoms with Crippen LogP contribution >= 0.6 is 11.3 Å². The lowest BCUT2D eigenvalue weighted by molar-refractivity contribution is -0.0122. The average Bonchev–Trinajstić information content (AvgIpc) is 2.86. The van der Waals surface area contributed by atoms with Gasteiger partial charge in [0.25, 0.3) is 0 Å². The van der Waals surface area contributed by atoms with Crippen molar-refractivity contribution < 1.29 is 4.74 Å². The van der Waals surface area contributed by atoms with Crippen LogP contribution in [0.4, 0.5) is 5.13 Å². The van der Waals surface area contributed by atoms with Crippen LogP contribution in [0, 0.1) is 0 Å². The van der Waals surface area contributed by atoms with Gasteiger partial charge in [-0.05, 0) is 5.56 Å². The highest BCUT2D eigenvalue weighted by Crippen LogP contribution is 2.27. The molecule has 2 heterocycles. The van der Waals surface area contributed by atoms with Gasteiger partial charge in [0.1, 0.15) is 0 Å². The zero-order chi connectivity index (χ0) is 13.1. The van der Waals surface area contributed by atoms with Crippen LogP contribution in [0.1, 0.15) is 16.5 Å². The van der Waals surface area contributed by atoms with Crippen molar-refractivity contribution in [1.29, 1.82) is 0 Å². The molecule has 1 aromatic heterocycles. The third-order valence-electron chi connectivity index (χ3n) is 3.35. The van der Waals surface area contributed by atoms with E-state index in [9.17, 15) is 0 Å². The van der Waals surface area contributed by atoms with Gasteiger partial charge in [0.15, 0.2) is 5.13 Å². The van der Waals surface area contributed by atoms with Crippen LogP contribution < -0.4 is 5.73 Å². The number of aromatic nitrogens is 1. The minimum atomic E-state index is 0.318. The first-order valence-electron chi connectivity index (χ1n) is 6.40. The quantitative estimate of drug-likeness (QED) is 0.934. The smallest absolute Gasteiger partial charge is 0.180 e. The van der Waals surface area contributed by atoms with E-state index >= 15 is 0 Å². The SMILES string of the molecule is Nc1ncc(CN2CCOCC2c2ccccc2)s1. The zero-order valence-electron chi connectivity index (χ0n) is 10.7. The predicted octanol–water partition coefficient (Wildman–Crippen LogP) is 2.30. The first-order chi connectivity index (χ1) is 9.33. The van der Waals surface area contributed by atoms with Gasteiger partial charge < -0.3 is 10.5 Å². The lowest BCUT2D eigenvalue weighted by Gasteiger charge is -2.35. The van der Waals surface area contributed by atoms with Crippen LogP contribution in [0.5, 0.6) is 0 Å². The first kappa shape index (κ1) is 12.6. The van der Waals surface area contributed by atoms with E-state index in [-0.39, 0.29) is 0 Å². The molecular weight excluding hydrogens is 258 g/mol. The minimum Gasteiger partial charge on any atom is -0.378 e. The van der Waals surface area contributed by atoms with Gasteiger partial charge in [-0.25, -0.2) is 4.98 Å². The Balaban J connectivity index is 1.77. The lowest BCUT2D eigenvalue weighted by Crippen LogP contribution is -2.38. The highest BCUT2D eigenvalue weighted by molar-refractivity contribution is 7.15. The van der Waals surface area contributed by atoms with Crippen molar-refractivity contribution in [2.45, 2.75) is 12.6 Å². The Bertz CT molecular complexity index is 528. The molecule has 0 spiro atoms. The topological polar surface area (TPSA) is 51.4 Å². The number of benzene rings is 1. The molecule has 1 aromatic carbocycles. The van der Waals surface area contributed by atoms with Crippen molar-refractivity contribution in [2.75, 3.05) is 25.5 Å². The van der Waals surface area contributed by atoms with Gasteiger partial charge in [0.05, 0.1) is 19.3 Å². The summed E-state index contributed by atoms with van der Waals surface area (Å²) in [6, 6.07) is 10.8. The Hall–Kier alpha value is -1.43. The average molecular weight is 275 g/mol. The molecule has 0 saturated carbocycles. The summed E-state index contributed by atoms with van der Waals surface area (Å²) in [6.07, 6.45) is 1.87. The molecule has 1 saturated heterocycles. The molecule has 100 valence electrons. The monoisotopic (exact) mass is 275 g/mol. The molecular formula is C14H17N3OS. The normalized spacial score (nSPS) is 20.5. The molecule has 0 aliphatic carbocycles. The molecule has 2 N–H and O–H groups in total. The maximum atomic E-state index is 5.69. The van der Waals surface area contributed by atoms with Crippen molar-refractivity contribution in [2.24, 2.45) is 0 Å². The molecule has 1 atom stereocenters. The number of hydrogen-bond donors (Lipinski definition) is 1. The van der Waals surface area contributed by atoms with Crippen molar-refractivity contribution in [3.8, 4) is 0 Å². The summed E-state index contributed by atoms with van der Waals surface area (Å²) in [5.74, 6) is 0. The van der Waals surface area contributed by atoms with Gasteiger partial charge in [-0.3, -0.25) is 4.90 Å². The summed E-state index contributed by atoms with van der Waals surface area (Å²) >= 11 is 1.56. The summed E-state index contributed by atoms with van der Waals surface area (Å²) in [4.78, 5) is 7.76. The van der Waals surface area contributed by atoms with Crippen LogP contribution in [0.25, 0.3) is 0 Å². The molecule has 1 aliphatic heterocycles. The lowest BCUT2D eigenvalue weighted by atomic mass is 10.1. The largest absolute Gasteiger partial charge is 0.378 e. The zero-order valence-corrected chi connectivity index (χ0v) is 11.5. The molecule has 1 unspecified atom stereocenters. The summed E-state index contributed by atoms with van der Waals surface area (Å²) in [7, 11) is 0. The Kier molecular flexibility index (Phi) is 3.77. The number of hydrogen-bond acceptors (Lipinski definition) is 5. The van der Waals surface area contributed by atoms with Gasteiger partial charge in [-0.1, -0.05) is 30.3 Å². The van der Waals surface area contributed by atoms with Crippen molar-refractivity contribution in [1.82, 2.24) is 9.88 Å². The fraction of sp³-hybridized carbons (Fsp3) is 0.357. The van der Waals surface area contributed by atoms with Gasteiger partial charge in [0, 0.05) is 24.2 Å². The minimum absolute atomic E-state index is 0.318. The summed E-state index contributed by atoms with van der Waals surface area (Å²) < 4.78 is 5.63. The molecule has 19 heavy (non-hydrogen) atoms. The van der Waals surface area contributed by atoms with Crippen LogP contribution in [-0.4, -0.2) is 29.6 Å². The second kappa shape index (κ2) is 5.69. The molecule has 1 aliphatic rings. The number of nitrogens with zero attached hydrogens (tertiary/aromatic N) is 2. The van der Waals surface area contributed by atoms with Crippen LogP contribution in [0.15, 0.2) is 36.5 Å². The van der Waals surface area contributed by atoms with E-state index in [4.69, 9.17) is 10.5 Å². The van der Waals surface area contributed by atoms with Gasteiger partial charge in [-0.15, -0.1) is 11.3 Å². The first-order valence-corrected chi connectivity index (χ1v) is 7.21. The molecule has 3 rings (SSSR count). The standard InChI is InChI=1S/C14H17N3OS/c15-14-16-8-12(19-14)9-17-6-7-18-10-13(17)11-4-2-1-3-5-11/h1-5,8,13H,6-7,9-10H2,(H2,15,16). The second-order valence-corrected chi connectivity index (χ2v) is 5.78. The Labute approximate surface area is 116 Å². The van der Waals surface area contributed by atoms with E-state index in [1.165, 1.54) is 10.4 Å². The van der Waals surface area contributed by atoms with Gasteiger partial charge in [-0.2, -0.15) is 0 Å².